The maximum Gasteiger partial charge on any atom is 0.122 e. The molecule has 0 amide bonds. The quantitative estimate of drug-likeness (QED) is 0.735. The van der Waals surface area contributed by atoms with Gasteiger partial charge in [0.1, 0.15) is 18.1 Å². The minimum Gasteiger partial charge on any atom is -0.497 e. The Kier molecular flexibility index (Phi) is 3.48. The minimum absolute atomic E-state index is 0.547. The second-order valence-electron chi connectivity index (χ2n) is 4.44. The van der Waals surface area contributed by atoms with Crippen molar-refractivity contribution in [1.29, 1.82) is 0 Å². The molecule has 2 N–H and O–H groups in total. The summed E-state index contributed by atoms with van der Waals surface area (Å²) in [6.07, 6.45) is 0. The van der Waals surface area contributed by atoms with Crippen LogP contribution in [0.4, 0.5) is 5.69 Å². The highest BCUT2D eigenvalue weighted by atomic mass is 32.1. The molecule has 0 aliphatic heterocycles. The first kappa shape index (κ1) is 12.8. The lowest BCUT2D eigenvalue weighted by Crippen LogP contribution is -1.92. The summed E-state index contributed by atoms with van der Waals surface area (Å²) in [5, 5.41) is 1.10. The Morgan fingerprint density at radius 2 is 1.80 bits per heavy atom. The predicted octanol–water partition coefficient (Wildman–Crippen LogP) is 4.07. The molecule has 0 saturated heterocycles. The van der Waals surface area contributed by atoms with Crippen LogP contribution < -0.4 is 15.2 Å². The molecule has 3 rings (SSSR count). The Labute approximate surface area is 121 Å². The SMILES string of the molecule is COc1ccc(OCc2cc3c(N)cccc3s2)cc1. The molecular weight excluding hydrogens is 270 g/mol. The van der Waals surface area contributed by atoms with E-state index in [1.165, 1.54) is 4.70 Å². The van der Waals surface area contributed by atoms with Crippen LogP contribution in [-0.4, -0.2) is 7.11 Å². The summed E-state index contributed by atoms with van der Waals surface area (Å²) in [6, 6.07) is 15.6. The van der Waals surface area contributed by atoms with E-state index in [1.54, 1.807) is 18.4 Å². The molecule has 0 aliphatic rings. The van der Waals surface area contributed by atoms with E-state index in [2.05, 4.69) is 12.1 Å². The van der Waals surface area contributed by atoms with Crippen molar-refractivity contribution in [1.82, 2.24) is 0 Å². The van der Waals surface area contributed by atoms with Crippen LogP contribution in [0.15, 0.2) is 48.5 Å². The summed E-state index contributed by atoms with van der Waals surface area (Å²) in [4.78, 5) is 1.16. The van der Waals surface area contributed by atoms with Crippen LogP contribution in [-0.2, 0) is 6.61 Å². The van der Waals surface area contributed by atoms with E-state index in [1.807, 2.05) is 36.4 Å². The molecule has 2 aromatic carbocycles. The zero-order chi connectivity index (χ0) is 13.9. The first-order chi connectivity index (χ1) is 9.76. The Balaban J connectivity index is 1.74. The molecule has 20 heavy (non-hydrogen) atoms. The number of thiophene rings is 1. The third-order valence-electron chi connectivity index (χ3n) is 3.09. The van der Waals surface area contributed by atoms with Gasteiger partial charge in [0.05, 0.1) is 7.11 Å². The van der Waals surface area contributed by atoms with Gasteiger partial charge in [0, 0.05) is 20.7 Å². The molecule has 0 saturated carbocycles. The second-order valence-corrected chi connectivity index (χ2v) is 5.60. The highest BCUT2D eigenvalue weighted by Crippen LogP contribution is 2.30. The molecule has 4 heteroatoms. The van der Waals surface area contributed by atoms with E-state index in [9.17, 15) is 0 Å². The van der Waals surface area contributed by atoms with E-state index in [4.69, 9.17) is 15.2 Å². The monoisotopic (exact) mass is 285 g/mol. The average molecular weight is 285 g/mol. The smallest absolute Gasteiger partial charge is 0.122 e. The number of fused-ring (bicyclic) bond motifs is 1. The van der Waals surface area contributed by atoms with Crippen LogP contribution in [0.1, 0.15) is 4.88 Å². The number of nitrogens with two attached hydrogens (primary N) is 1. The summed E-state index contributed by atoms with van der Waals surface area (Å²) < 4.78 is 12.1. The van der Waals surface area contributed by atoms with Gasteiger partial charge in [0.15, 0.2) is 0 Å². The maximum atomic E-state index is 5.96. The van der Waals surface area contributed by atoms with Crippen LogP contribution in [0.5, 0.6) is 11.5 Å². The predicted molar refractivity (Wildman–Crippen MR) is 83.6 cm³/mol. The van der Waals surface area contributed by atoms with E-state index >= 15 is 0 Å². The van der Waals surface area contributed by atoms with Crippen molar-refractivity contribution in [3.05, 3.63) is 53.4 Å². The van der Waals surface area contributed by atoms with E-state index in [-0.39, 0.29) is 0 Å². The van der Waals surface area contributed by atoms with Crippen molar-refractivity contribution in [2.45, 2.75) is 6.61 Å². The van der Waals surface area contributed by atoms with Crippen LogP contribution >= 0.6 is 11.3 Å². The van der Waals surface area contributed by atoms with Crippen LogP contribution in [0.3, 0.4) is 0 Å². The highest BCUT2D eigenvalue weighted by Gasteiger charge is 2.05. The number of benzene rings is 2. The van der Waals surface area contributed by atoms with Gasteiger partial charge in [-0.25, -0.2) is 0 Å². The summed E-state index contributed by atoms with van der Waals surface area (Å²) in [6.45, 7) is 0.547. The van der Waals surface area contributed by atoms with Crippen molar-refractivity contribution in [2.24, 2.45) is 0 Å². The van der Waals surface area contributed by atoms with Crippen molar-refractivity contribution in [3.63, 3.8) is 0 Å². The molecule has 0 fully saturated rings. The van der Waals surface area contributed by atoms with Crippen LogP contribution in [0, 0.1) is 0 Å². The zero-order valence-corrected chi connectivity index (χ0v) is 11.9. The molecule has 0 unspecified atom stereocenters. The first-order valence-corrected chi connectivity index (χ1v) is 7.11. The highest BCUT2D eigenvalue weighted by molar-refractivity contribution is 7.19. The topological polar surface area (TPSA) is 44.5 Å². The van der Waals surface area contributed by atoms with Crippen LogP contribution in [0.25, 0.3) is 10.1 Å². The molecule has 102 valence electrons. The van der Waals surface area contributed by atoms with Crippen molar-refractivity contribution in [3.8, 4) is 11.5 Å². The van der Waals surface area contributed by atoms with Gasteiger partial charge in [-0.2, -0.15) is 0 Å². The van der Waals surface area contributed by atoms with E-state index in [0.717, 1.165) is 27.4 Å². The lowest BCUT2D eigenvalue weighted by molar-refractivity contribution is 0.309. The third-order valence-corrected chi connectivity index (χ3v) is 4.16. The Morgan fingerprint density at radius 1 is 1.05 bits per heavy atom. The molecule has 1 heterocycles. The number of methoxy groups -OCH3 is 1. The third kappa shape index (κ3) is 2.56. The molecule has 0 aliphatic carbocycles. The molecule has 1 aromatic heterocycles. The fourth-order valence-corrected chi connectivity index (χ4v) is 3.04. The van der Waals surface area contributed by atoms with Gasteiger partial charge in [-0.3, -0.25) is 0 Å². The fraction of sp³-hybridized carbons (Fsp3) is 0.125. The molecule has 3 nitrogen and oxygen atoms in total. The number of nitrogen functional groups attached to an aromatic ring is 1. The molecule has 0 radical (unpaired) electrons. The molecule has 0 spiro atoms. The lowest BCUT2D eigenvalue weighted by Gasteiger charge is -2.05. The number of hydrogen-bond acceptors (Lipinski definition) is 4. The number of anilines is 1. The largest absolute Gasteiger partial charge is 0.497 e. The van der Waals surface area contributed by atoms with E-state index in [0.29, 0.717) is 6.61 Å². The zero-order valence-electron chi connectivity index (χ0n) is 11.1. The Morgan fingerprint density at radius 3 is 2.50 bits per heavy atom. The number of ether oxygens (including phenoxy) is 2. The molecular formula is C16H15NO2S. The minimum atomic E-state index is 0.547. The van der Waals surface area contributed by atoms with Gasteiger partial charge in [-0.1, -0.05) is 6.07 Å². The van der Waals surface area contributed by atoms with Gasteiger partial charge in [-0.15, -0.1) is 11.3 Å². The van der Waals surface area contributed by atoms with Crippen molar-refractivity contribution < 1.29 is 9.47 Å². The van der Waals surface area contributed by atoms with Crippen molar-refractivity contribution in [2.75, 3.05) is 12.8 Å². The molecule has 0 bridgehead atoms. The van der Waals surface area contributed by atoms with Gasteiger partial charge in [0.25, 0.3) is 0 Å². The van der Waals surface area contributed by atoms with Gasteiger partial charge in [-0.05, 0) is 42.5 Å². The van der Waals surface area contributed by atoms with Crippen molar-refractivity contribution >= 4 is 27.1 Å². The fourth-order valence-electron chi connectivity index (χ4n) is 2.03. The van der Waals surface area contributed by atoms with Gasteiger partial charge in [0.2, 0.25) is 0 Å². The normalized spacial score (nSPS) is 10.7. The number of rotatable bonds is 4. The second kappa shape index (κ2) is 5.43. The summed E-state index contributed by atoms with van der Waals surface area (Å²) in [7, 11) is 1.65. The molecule has 3 aromatic rings. The van der Waals surface area contributed by atoms with Crippen LogP contribution in [0.2, 0.25) is 0 Å². The maximum absolute atomic E-state index is 5.96. The summed E-state index contributed by atoms with van der Waals surface area (Å²) >= 11 is 1.71. The van der Waals surface area contributed by atoms with Gasteiger partial charge < -0.3 is 15.2 Å². The average Bonchev–Trinajstić information content (AvgIpc) is 2.90. The Bertz CT molecular complexity index is 719. The van der Waals surface area contributed by atoms with E-state index < -0.39 is 0 Å². The van der Waals surface area contributed by atoms with Gasteiger partial charge >= 0.3 is 0 Å². The number of hydrogen-bond donors (Lipinski definition) is 1. The lowest BCUT2D eigenvalue weighted by atomic mass is 10.2. The Hall–Kier alpha value is -2.20. The molecule has 0 atom stereocenters. The standard InChI is InChI=1S/C16H15NO2S/c1-18-11-5-7-12(8-6-11)19-10-13-9-14-15(17)3-2-4-16(14)20-13/h2-9H,10,17H2,1H3. The summed E-state index contributed by atoms with van der Waals surface area (Å²) in [5.41, 5.74) is 6.78. The first-order valence-electron chi connectivity index (χ1n) is 6.30. The summed E-state index contributed by atoms with van der Waals surface area (Å²) in [5.74, 6) is 1.66.